The summed E-state index contributed by atoms with van der Waals surface area (Å²) in [6.45, 7) is 2.07. The van der Waals surface area contributed by atoms with Crippen molar-refractivity contribution in [2.24, 2.45) is 0 Å². The highest BCUT2D eigenvalue weighted by atomic mass is 32.1. The Bertz CT molecular complexity index is 1460. The number of nitrogens with two attached hydrogens (primary N) is 4. The topological polar surface area (TPSA) is 150 Å². The lowest BCUT2D eigenvalue weighted by atomic mass is 10.1. The van der Waals surface area contributed by atoms with E-state index in [0.717, 1.165) is 43.0 Å². The molecule has 0 fully saturated rings. The molecule has 9 N–H and O–H groups in total. The van der Waals surface area contributed by atoms with Crippen LogP contribution in [0.5, 0.6) is 0 Å². The Morgan fingerprint density at radius 1 is 0.778 bits per heavy atom. The summed E-state index contributed by atoms with van der Waals surface area (Å²) in [7, 11) is 0. The molecule has 5 aromatic rings. The van der Waals surface area contributed by atoms with E-state index in [0.29, 0.717) is 29.2 Å². The molecule has 0 spiro atoms. The minimum atomic E-state index is 0.134. The molecule has 7 nitrogen and oxygen atoms in total. The quantitative estimate of drug-likeness (QED) is 0.195. The predicted molar refractivity (Wildman–Crippen MR) is 154 cm³/mol. The molecule has 0 unspecified atom stereocenters. The number of aromatic nitrogens is 2. The van der Waals surface area contributed by atoms with Crippen LogP contribution in [0.4, 0.5) is 22.7 Å². The van der Waals surface area contributed by atoms with Crippen LogP contribution in [0, 0.1) is 6.92 Å². The number of benzene rings is 3. The number of nitrogens with zero attached hydrogens (tertiary/aromatic N) is 2. The molecule has 0 bridgehead atoms. The normalized spacial score (nSPS) is 10.6. The van der Waals surface area contributed by atoms with Crippen LogP contribution < -0.4 is 22.9 Å². The number of anilines is 4. The van der Waals surface area contributed by atoms with E-state index in [2.05, 4.69) is 9.97 Å². The Morgan fingerprint density at radius 2 is 1.39 bits per heavy atom. The predicted octanol–water partition coefficient (Wildman–Crippen LogP) is 5.46. The fraction of sp³-hybridized carbons (Fsp3) is 0.111. The molecular weight excluding hydrogens is 488 g/mol. The number of nitrogen functional groups attached to an aromatic ring is 4. The molecule has 0 aliphatic heterocycles. The smallest absolute Gasteiger partial charge is 0.126 e. The van der Waals surface area contributed by atoms with E-state index in [9.17, 15) is 0 Å². The van der Waals surface area contributed by atoms with Gasteiger partial charge >= 0.3 is 0 Å². The summed E-state index contributed by atoms with van der Waals surface area (Å²) in [5.74, 6) is 0. The fourth-order valence-electron chi connectivity index (χ4n) is 3.53. The van der Waals surface area contributed by atoms with Crippen molar-refractivity contribution in [1.82, 2.24) is 9.97 Å². The van der Waals surface area contributed by atoms with E-state index in [1.54, 1.807) is 40.9 Å². The van der Waals surface area contributed by atoms with Gasteiger partial charge in [-0.2, -0.15) is 0 Å². The Hall–Kier alpha value is -3.92. The summed E-state index contributed by atoms with van der Waals surface area (Å²) in [6.07, 6.45) is 0.631. The molecule has 9 heteroatoms. The number of aliphatic hydroxyl groups is 1. The van der Waals surface area contributed by atoms with Crippen LogP contribution >= 0.6 is 22.7 Å². The number of aliphatic hydroxyl groups excluding tert-OH is 1. The molecule has 36 heavy (non-hydrogen) atoms. The van der Waals surface area contributed by atoms with Crippen molar-refractivity contribution >= 4 is 45.4 Å². The Morgan fingerprint density at radius 3 is 2.00 bits per heavy atom. The first-order valence-electron chi connectivity index (χ1n) is 11.2. The third-order valence-electron chi connectivity index (χ3n) is 5.42. The lowest BCUT2D eigenvalue weighted by Gasteiger charge is -2.03. The van der Waals surface area contributed by atoms with Crippen LogP contribution in [-0.4, -0.2) is 21.7 Å². The molecule has 0 saturated heterocycles. The maximum Gasteiger partial charge on any atom is 0.126 e. The molecule has 184 valence electrons. The van der Waals surface area contributed by atoms with Gasteiger partial charge in [-0.15, -0.1) is 22.7 Å². The second-order valence-corrected chi connectivity index (χ2v) is 10.0. The summed E-state index contributed by atoms with van der Waals surface area (Å²) in [6, 6.07) is 20.9. The lowest BCUT2D eigenvalue weighted by Crippen LogP contribution is -1.92. The van der Waals surface area contributed by atoms with Crippen molar-refractivity contribution in [3.05, 3.63) is 82.7 Å². The maximum absolute atomic E-state index is 8.96. The van der Waals surface area contributed by atoms with Gasteiger partial charge in [0.2, 0.25) is 0 Å². The molecule has 2 heterocycles. The zero-order valence-electron chi connectivity index (χ0n) is 19.8. The molecule has 3 aromatic carbocycles. The van der Waals surface area contributed by atoms with Gasteiger partial charge in [0.25, 0.3) is 0 Å². The van der Waals surface area contributed by atoms with Crippen LogP contribution in [0.1, 0.15) is 10.6 Å². The molecule has 0 amide bonds. The monoisotopic (exact) mass is 516 g/mol. The van der Waals surface area contributed by atoms with Crippen molar-refractivity contribution in [2.75, 3.05) is 29.5 Å². The minimum Gasteiger partial charge on any atom is -0.399 e. The first-order chi connectivity index (χ1) is 17.4. The first kappa shape index (κ1) is 25.2. The molecule has 5 rings (SSSR count). The van der Waals surface area contributed by atoms with Crippen molar-refractivity contribution in [1.29, 1.82) is 0 Å². The summed E-state index contributed by atoms with van der Waals surface area (Å²) < 4.78 is 0. The van der Waals surface area contributed by atoms with Gasteiger partial charge in [-0.05, 0) is 43.3 Å². The number of hydrogen-bond acceptors (Lipinski definition) is 9. The zero-order chi connectivity index (χ0) is 25.7. The van der Waals surface area contributed by atoms with E-state index in [4.69, 9.17) is 28.0 Å². The minimum absolute atomic E-state index is 0.134. The van der Waals surface area contributed by atoms with E-state index >= 15 is 0 Å². The SMILES string of the molecule is Cc1nc(-c2cc(N)ccc2N)sc1CCO.Nc1ccc(N)c(-c2nc(-c3ccccc3)cs2)c1. The standard InChI is InChI=1S/C15H13N3S.C12H15N3OS/c16-11-6-7-13(17)12(8-11)15-18-14(9-19-15)10-4-2-1-3-5-10;1-7-11(4-5-16)17-12(15-7)9-6-8(13)2-3-10(9)14/h1-9H,16-17H2;2-3,6,16H,4-5,13-14H2,1H3. The Balaban J connectivity index is 0.000000170. The lowest BCUT2D eigenvalue weighted by molar-refractivity contribution is 0.300. The fourth-order valence-corrected chi connectivity index (χ4v) is 5.49. The van der Waals surface area contributed by atoms with Crippen molar-refractivity contribution in [3.8, 4) is 32.4 Å². The van der Waals surface area contributed by atoms with E-state index in [-0.39, 0.29) is 6.61 Å². The third kappa shape index (κ3) is 5.83. The van der Waals surface area contributed by atoms with E-state index < -0.39 is 0 Å². The molecule has 2 aromatic heterocycles. The van der Waals surface area contributed by atoms with E-state index in [1.807, 2.05) is 60.8 Å². The van der Waals surface area contributed by atoms with Gasteiger partial charge in [0, 0.05) is 62.7 Å². The summed E-state index contributed by atoms with van der Waals surface area (Å²) >= 11 is 3.13. The zero-order valence-corrected chi connectivity index (χ0v) is 21.4. The Labute approximate surface area is 218 Å². The van der Waals surface area contributed by atoms with Gasteiger partial charge in [-0.1, -0.05) is 30.3 Å². The summed E-state index contributed by atoms with van der Waals surface area (Å²) in [4.78, 5) is 10.2. The average molecular weight is 517 g/mol. The molecule has 0 aliphatic carbocycles. The highest BCUT2D eigenvalue weighted by molar-refractivity contribution is 7.15. The third-order valence-corrected chi connectivity index (χ3v) is 7.55. The van der Waals surface area contributed by atoms with Gasteiger partial charge in [0.1, 0.15) is 10.0 Å². The molecule has 0 saturated carbocycles. The van der Waals surface area contributed by atoms with Crippen molar-refractivity contribution in [3.63, 3.8) is 0 Å². The average Bonchev–Trinajstić information content (AvgIpc) is 3.51. The maximum atomic E-state index is 8.96. The summed E-state index contributed by atoms with van der Waals surface area (Å²) in [5, 5.41) is 12.7. The van der Waals surface area contributed by atoms with Crippen LogP contribution in [0.25, 0.3) is 32.4 Å². The van der Waals surface area contributed by atoms with Gasteiger partial charge in [0.15, 0.2) is 0 Å². The second kappa shape index (κ2) is 11.2. The van der Waals surface area contributed by atoms with Crippen molar-refractivity contribution < 1.29 is 5.11 Å². The van der Waals surface area contributed by atoms with Gasteiger partial charge in [-0.3, -0.25) is 0 Å². The first-order valence-corrected chi connectivity index (χ1v) is 12.9. The Kier molecular flexibility index (Phi) is 7.84. The highest BCUT2D eigenvalue weighted by Gasteiger charge is 2.12. The number of hydrogen-bond donors (Lipinski definition) is 5. The van der Waals surface area contributed by atoms with Gasteiger partial charge in [0.05, 0.1) is 11.4 Å². The van der Waals surface area contributed by atoms with Gasteiger partial charge < -0.3 is 28.0 Å². The number of aryl methyl sites for hydroxylation is 1. The molecular formula is C27H28N6OS2. The molecule has 0 atom stereocenters. The molecule has 0 aliphatic rings. The second-order valence-electron chi connectivity index (χ2n) is 8.10. The summed E-state index contributed by atoms with van der Waals surface area (Å²) in [5.41, 5.74) is 31.0. The van der Waals surface area contributed by atoms with E-state index in [1.165, 1.54) is 0 Å². The van der Waals surface area contributed by atoms with Crippen molar-refractivity contribution in [2.45, 2.75) is 13.3 Å². The largest absolute Gasteiger partial charge is 0.399 e. The number of thiazole rings is 2. The van der Waals surface area contributed by atoms with Crippen LogP contribution in [0.3, 0.4) is 0 Å². The molecule has 0 radical (unpaired) electrons. The van der Waals surface area contributed by atoms with Crippen LogP contribution in [0.15, 0.2) is 72.1 Å². The van der Waals surface area contributed by atoms with Crippen LogP contribution in [0.2, 0.25) is 0 Å². The van der Waals surface area contributed by atoms with Crippen LogP contribution in [-0.2, 0) is 6.42 Å². The number of rotatable bonds is 5. The highest BCUT2D eigenvalue weighted by Crippen LogP contribution is 2.34. The van der Waals surface area contributed by atoms with Gasteiger partial charge in [-0.25, -0.2) is 9.97 Å².